The summed E-state index contributed by atoms with van der Waals surface area (Å²) in [7, 11) is 0. The minimum absolute atomic E-state index is 0.0734. The van der Waals surface area contributed by atoms with Gasteiger partial charge in [-0.25, -0.2) is 4.39 Å². The molecule has 6 saturated carbocycles. The number of hydrogen-bond donors (Lipinski definition) is 2. The molecule has 222 valence electrons. The molecule has 0 aromatic rings. The van der Waals surface area contributed by atoms with E-state index in [-0.39, 0.29) is 37.4 Å². The van der Waals surface area contributed by atoms with Crippen molar-refractivity contribution in [2.75, 3.05) is 6.61 Å². The summed E-state index contributed by atoms with van der Waals surface area (Å²) in [6.07, 6.45) is 4.07. The van der Waals surface area contributed by atoms with Gasteiger partial charge in [0, 0.05) is 16.7 Å². The van der Waals surface area contributed by atoms with Gasteiger partial charge in [-0.05, 0) is 83.8 Å². The second-order valence-corrected chi connectivity index (χ2v) is 14.7. The Labute approximate surface area is 237 Å². The smallest absolute Gasteiger partial charge is 0.312 e. The first-order valence-corrected chi connectivity index (χ1v) is 14.6. The molecule has 0 unspecified atom stereocenters. The van der Waals surface area contributed by atoms with Crippen molar-refractivity contribution in [1.29, 1.82) is 0 Å². The van der Waals surface area contributed by atoms with E-state index >= 15 is 4.39 Å². The number of Topliss-reactive ketones (excluding diaryl/α,β-unsaturated/α-hetero) is 1. The zero-order valence-electron chi connectivity index (χ0n) is 23.8. The lowest BCUT2D eigenvalue weighted by Crippen LogP contribution is -2.70. The van der Waals surface area contributed by atoms with Crippen molar-refractivity contribution in [3.05, 3.63) is 23.8 Å². The number of hydrogen-bond acceptors (Lipinski definition) is 8. The van der Waals surface area contributed by atoms with E-state index in [4.69, 9.17) is 14.2 Å². The minimum Gasteiger partial charge on any atom is -0.481 e. The van der Waals surface area contributed by atoms with Crippen LogP contribution in [0, 0.1) is 33.5 Å². The van der Waals surface area contributed by atoms with Gasteiger partial charge in [-0.3, -0.25) is 19.2 Å². The van der Waals surface area contributed by atoms with Gasteiger partial charge in [0.2, 0.25) is 5.78 Å². The molecule has 1 aliphatic heterocycles. The monoisotopic (exact) mass is 572 g/mol. The number of esters is 1. The van der Waals surface area contributed by atoms with Crippen LogP contribution in [0.3, 0.4) is 0 Å². The number of aliphatic hydroxyl groups is 1. The summed E-state index contributed by atoms with van der Waals surface area (Å²) in [5.41, 5.74) is -6.84. The Balaban J connectivity index is 1.19. The molecule has 1 heterocycles. The standard InChI is InChI=1S/C31H37FO9/c1-25(2)40-22-10-19-18-6-5-16-9-17(33)7-8-26(16,3)30(18,32)20(34)11-27(19,4)31(22,41-25)21(35)12-39-24(38)29-13-28(14-29,15-29)23(36)37/h7-9,18-20,22,34H,5-6,10-15H2,1-4H3,(H,36,37)/t18-,19-,20-,22+,26-,27-,28?,29?,30-,31+/m0/s1. The number of halogens is 1. The molecule has 0 aromatic carbocycles. The van der Waals surface area contributed by atoms with Crippen LogP contribution in [0.1, 0.15) is 72.6 Å². The number of fused-ring (bicyclic) bond motifs is 7. The molecule has 0 aromatic heterocycles. The van der Waals surface area contributed by atoms with Gasteiger partial charge < -0.3 is 24.4 Å². The number of aliphatic hydroxyl groups excluding tert-OH is 1. The lowest BCUT2D eigenvalue weighted by Gasteiger charge is -2.65. The fourth-order valence-electron chi connectivity index (χ4n) is 10.4. The third-order valence-corrected chi connectivity index (χ3v) is 12.3. The number of ether oxygens (including phenoxy) is 3. The maximum Gasteiger partial charge on any atom is 0.312 e. The molecule has 2 N–H and O–H groups in total. The van der Waals surface area contributed by atoms with Crippen molar-refractivity contribution in [3.63, 3.8) is 0 Å². The van der Waals surface area contributed by atoms with Crippen LogP contribution >= 0.6 is 0 Å². The molecule has 0 radical (unpaired) electrons. The summed E-state index contributed by atoms with van der Waals surface area (Å²) in [4.78, 5) is 50.7. The molecule has 9 nitrogen and oxygen atoms in total. The molecule has 0 amide bonds. The largest absolute Gasteiger partial charge is 0.481 e. The Morgan fingerprint density at radius 1 is 1.10 bits per heavy atom. The van der Waals surface area contributed by atoms with Crippen LogP contribution in [0.4, 0.5) is 4.39 Å². The average molecular weight is 573 g/mol. The highest BCUT2D eigenvalue weighted by Gasteiger charge is 2.80. The first-order valence-electron chi connectivity index (χ1n) is 14.6. The van der Waals surface area contributed by atoms with Gasteiger partial charge in [0.05, 0.1) is 23.0 Å². The van der Waals surface area contributed by atoms with Gasteiger partial charge in [0.15, 0.2) is 29.4 Å². The van der Waals surface area contributed by atoms with E-state index in [9.17, 15) is 29.4 Å². The summed E-state index contributed by atoms with van der Waals surface area (Å²) in [6, 6.07) is 0. The fraction of sp³-hybridized carbons (Fsp3) is 0.742. The number of allylic oxidation sites excluding steroid dienone is 4. The number of ketones is 2. The molecule has 8 aliphatic rings. The highest BCUT2D eigenvalue weighted by Crippen LogP contribution is 2.74. The van der Waals surface area contributed by atoms with Gasteiger partial charge in [0.1, 0.15) is 0 Å². The third-order valence-electron chi connectivity index (χ3n) is 12.3. The van der Waals surface area contributed by atoms with Crippen molar-refractivity contribution in [2.45, 2.75) is 102 Å². The van der Waals surface area contributed by atoms with Gasteiger partial charge >= 0.3 is 11.9 Å². The van der Waals surface area contributed by atoms with E-state index in [1.807, 2.05) is 6.92 Å². The Kier molecular flexibility index (Phi) is 5.17. The lowest BCUT2D eigenvalue weighted by molar-refractivity contribution is -0.248. The average Bonchev–Trinajstić information content (AvgIpc) is 3.23. The van der Waals surface area contributed by atoms with Crippen molar-refractivity contribution in [1.82, 2.24) is 0 Å². The lowest BCUT2D eigenvalue weighted by atomic mass is 9.35. The molecule has 7 aliphatic carbocycles. The van der Waals surface area contributed by atoms with E-state index in [0.717, 1.165) is 0 Å². The summed E-state index contributed by atoms with van der Waals surface area (Å²) in [5.74, 6) is -4.31. The van der Waals surface area contributed by atoms with Crippen LogP contribution in [0.2, 0.25) is 0 Å². The highest BCUT2D eigenvalue weighted by atomic mass is 19.1. The number of rotatable bonds is 5. The zero-order chi connectivity index (χ0) is 29.6. The number of carboxylic acid groups (broad SMARTS) is 1. The molecule has 2 bridgehead atoms. The molecule has 0 spiro atoms. The van der Waals surface area contributed by atoms with E-state index in [1.54, 1.807) is 26.8 Å². The van der Waals surface area contributed by atoms with Crippen LogP contribution in [-0.2, 0) is 33.4 Å². The maximum atomic E-state index is 17.5. The predicted molar refractivity (Wildman–Crippen MR) is 139 cm³/mol. The molecule has 10 heteroatoms. The molecule has 1 saturated heterocycles. The summed E-state index contributed by atoms with van der Waals surface area (Å²) >= 11 is 0. The Morgan fingerprint density at radius 2 is 1.78 bits per heavy atom. The molecule has 41 heavy (non-hydrogen) atoms. The Bertz CT molecular complexity index is 1340. The van der Waals surface area contributed by atoms with Gasteiger partial charge in [0.25, 0.3) is 0 Å². The van der Waals surface area contributed by atoms with E-state index in [2.05, 4.69) is 0 Å². The molecular weight excluding hydrogens is 535 g/mol. The maximum absolute atomic E-state index is 17.5. The van der Waals surface area contributed by atoms with Gasteiger partial charge in [-0.1, -0.05) is 18.6 Å². The third kappa shape index (κ3) is 3.01. The summed E-state index contributed by atoms with van der Waals surface area (Å²) < 4.78 is 35.8. The van der Waals surface area contributed by atoms with Crippen LogP contribution in [-0.4, -0.2) is 69.6 Å². The SMILES string of the molecule is CC1(C)O[C@@H]2C[C@H]3[C@@H]4CCC5=CC(=O)C=C[C@]5(C)[C@@]4(F)[C@@H](O)C[C@]3(C)[C@]2(C(=O)COC(=O)C23CC(C(=O)O)(C2)C3)O1. The van der Waals surface area contributed by atoms with E-state index < -0.39 is 81.2 Å². The number of carbonyl (C=O) groups excluding carboxylic acids is 3. The molecular formula is C31H37FO9. The quantitative estimate of drug-likeness (QED) is 0.476. The molecule has 8 atom stereocenters. The second kappa shape index (κ2) is 7.74. The van der Waals surface area contributed by atoms with Crippen LogP contribution in [0.15, 0.2) is 23.8 Å². The number of carbonyl (C=O) groups is 4. The normalized spacial score (nSPS) is 51.7. The number of alkyl halides is 1. The summed E-state index contributed by atoms with van der Waals surface area (Å²) in [6.45, 7) is 6.44. The van der Waals surface area contributed by atoms with E-state index in [0.29, 0.717) is 24.8 Å². The van der Waals surface area contributed by atoms with Crippen molar-refractivity contribution in [2.24, 2.45) is 33.5 Å². The van der Waals surface area contributed by atoms with Crippen LogP contribution in [0.25, 0.3) is 0 Å². The summed E-state index contributed by atoms with van der Waals surface area (Å²) in [5, 5.41) is 21.1. The molecule has 7 fully saturated rings. The minimum atomic E-state index is -2.06. The van der Waals surface area contributed by atoms with Crippen molar-refractivity contribution >= 4 is 23.5 Å². The predicted octanol–water partition coefficient (Wildman–Crippen LogP) is 3.22. The first-order chi connectivity index (χ1) is 19.0. The molecule has 8 rings (SSSR count). The topological polar surface area (TPSA) is 136 Å². The number of aliphatic carboxylic acids is 1. The van der Waals surface area contributed by atoms with Crippen LogP contribution < -0.4 is 0 Å². The zero-order valence-corrected chi connectivity index (χ0v) is 23.8. The fourth-order valence-corrected chi connectivity index (χ4v) is 10.4. The van der Waals surface area contributed by atoms with Gasteiger partial charge in [-0.15, -0.1) is 0 Å². The number of carboxylic acids is 1. The second-order valence-electron chi connectivity index (χ2n) is 14.7. The Morgan fingerprint density at radius 3 is 2.44 bits per heavy atom. The van der Waals surface area contributed by atoms with E-state index in [1.165, 1.54) is 12.2 Å². The Hall–Kier alpha value is -2.43. The van der Waals surface area contributed by atoms with Crippen molar-refractivity contribution < 1.29 is 48.0 Å². The van der Waals surface area contributed by atoms with Gasteiger partial charge in [-0.2, -0.15) is 0 Å². The van der Waals surface area contributed by atoms with Crippen LogP contribution in [0.5, 0.6) is 0 Å². The first kappa shape index (κ1) is 27.4. The highest BCUT2D eigenvalue weighted by molar-refractivity contribution is 6.01. The van der Waals surface area contributed by atoms with Crippen molar-refractivity contribution in [3.8, 4) is 0 Å².